The average molecular weight is 473 g/mol. The van der Waals surface area contributed by atoms with Crippen molar-refractivity contribution in [2.75, 3.05) is 0 Å². The van der Waals surface area contributed by atoms with E-state index in [2.05, 4.69) is 15.6 Å². The van der Waals surface area contributed by atoms with Crippen LogP contribution in [0.2, 0.25) is 0 Å². The summed E-state index contributed by atoms with van der Waals surface area (Å²) < 4.78 is 54.2. The molecule has 0 bridgehead atoms. The van der Waals surface area contributed by atoms with Crippen molar-refractivity contribution in [3.05, 3.63) is 65.1 Å². The van der Waals surface area contributed by atoms with Gasteiger partial charge in [-0.05, 0) is 42.3 Å². The highest BCUT2D eigenvalue weighted by Crippen LogP contribution is 2.33. The Bertz CT molecular complexity index is 1350. The van der Waals surface area contributed by atoms with Gasteiger partial charge in [0.1, 0.15) is 23.2 Å². The van der Waals surface area contributed by atoms with E-state index < -0.39 is 35.2 Å². The summed E-state index contributed by atoms with van der Waals surface area (Å²) in [5.74, 6) is -2.15. The molecule has 2 aliphatic rings. The number of carbonyl (C=O) groups excluding carboxylic acids is 3. The lowest BCUT2D eigenvalue weighted by molar-refractivity contribution is -0.138. The van der Waals surface area contributed by atoms with Crippen LogP contribution in [0.25, 0.3) is 16.9 Å². The van der Waals surface area contributed by atoms with Gasteiger partial charge in [0.05, 0.1) is 11.8 Å². The monoisotopic (exact) mass is 473 g/mol. The van der Waals surface area contributed by atoms with Crippen LogP contribution in [0, 0.1) is 5.82 Å². The second-order valence-electron chi connectivity index (χ2n) is 7.98. The predicted octanol–water partition coefficient (Wildman–Crippen LogP) is 2.85. The van der Waals surface area contributed by atoms with Gasteiger partial charge in [-0.25, -0.2) is 9.07 Å². The number of rotatable bonds is 3. The number of halogens is 4. The molecule has 0 saturated carbocycles. The molecular weight excluding hydrogens is 458 g/mol. The Morgan fingerprint density at radius 3 is 2.59 bits per heavy atom. The molecule has 8 nitrogen and oxygen atoms in total. The zero-order valence-electron chi connectivity index (χ0n) is 17.3. The smallest absolute Gasteiger partial charge is 0.322 e. The fraction of sp³-hybridized carbons (Fsp3) is 0.227. The average Bonchev–Trinajstić information content (AvgIpc) is 3.38. The van der Waals surface area contributed by atoms with Crippen LogP contribution in [0.1, 0.15) is 34.3 Å². The van der Waals surface area contributed by atoms with E-state index in [4.69, 9.17) is 0 Å². The zero-order chi connectivity index (χ0) is 24.2. The van der Waals surface area contributed by atoms with Crippen molar-refractivity contribution in [2.24, 2.45) is 0 Å². The van der Waals surface area contributed by atoms with Crippen molar-refractivity contribution in [1.29, 1.82) is 0 Å². The number of alkyl halides is 3. The van der Waals surface area contributed by atoms with Crippen molar-refractivity contribution >= 4 is 17.7 Å². The van der Waals surface area contributed by atoms with E-state index in [1.807, 2.05) is 0 Å². The van der Waals surface area contributed by atoms with E-state index >= 15 is 0 Å². The molecule has 2 aromatic carbocycles. The number of aromatic nitrogens is 3. The molecular formula is C22H15F4N5O3. The van der Waals surface area contributed by atoms with E-state index in [-0.39, 0.29) is 36.9 Å². The highest BCUT2D eigenvalue weighted by Gasteiger charge is 2.39. The lowest BCUT2D eigenvalue weighted by atomic mass is 10.0. The molecule has 12 heteroatoms. The Morgan fingerprint density at radius 2 is 1.85 bits per heavy atom. The summed E-state index contributed by atoms with van der Waals surface area (Å²) in [5.41, 5.74) is 0.345. The Morgan fingerprint density at radius 1 is 1.06 bits per heavy atom. The standard InChI is InChI=1S/C22H15F4N5O3/c23-15-4-2-13(22(24,25)26)8-18(15)31-10-16(28-29-31)11-1-3-14-12(7-11)9-30(21(14)34)17-5-6-19(32)27-20(17)33/h1-4,7-8,10,17H,5-6,9H2,(H,27,32,33). The molecule has 1 atom stereocenters. The molecule has 0 aliphatic carbocycles. The Hall–Kier alpha value is -4.09. The molecule has 3 amide bonds. The van der Waals surface area contributed by atoms with Crippen LogP contribution < -0.4 is 5.32 Å². The third-order valence-electron chi connectivity index (χ3n) is 5.83. The molecule has 1 unspecified atom stereocenters. The van der Waals surface area contributed by atoms with Crippen LogP contribution in [-0.2, 0) is 22.3 Å². The summed E-state index contributed by atoms with van der Waals surface area (Å²) in [6.45, 7) is 0.144. The van der Waals surface area contributed by atoms with Crippen molar-refractivity contribution in [3.8, 4) is 16.9 Å². The lowest BCUT2D eigenvalue weighted by Gasteiger charge is -2.29. The van der Waals surface area contributed by atoms with Crippen molar-refractivity contribution in [3.63, 3.8) is 0 Å². The molecule has 1 aromatic heterocycles. The summed E-state index contributed by atoms with van der Waals surface area (Å²) in [5, 5.41) is 9.93. The van der Waals surface area contributed by atoms with E-state index in [9.17, 15) is 31.9 Å². The Balaban J connectivity index is 1.42. The number of hydrogen-bond acceptors (Lipinski definition) is 5. The molecule has 0 radical (unpaired) electrons. The zero-order valence-corrected chi connectivity index (χ0v) is 17.3. The first-order valence-electron chi connectivity index (χ1n) is 10.2. The van der Waals surface area contributed by atoms with Crippen LogP contribution in [-0.4, -0.2) is 43.7 Å². The predicted molar refractivity (Wildman–Crippen MR) is 108 cm³/mol. The summed E-state index contributed by atoms with van der Waals surface area (Å²) in [6.07, 6.45) is -2.99. The van der Waals surface area contributed by atoms with Crippen LogP contribution in [0.5, 0.6) is 0 Å². The molecule has 5 rings (SSSR count). The van der Waals surface area contributed by atoms with Crippen LogP contribution in [0.3, 0.4) is 0 Å². The highest BCUT2D eigenvalue weighted by atomic mass is 19.4. The van der Waals surface area contributed by atoms with Crippen molar-refractivity contribution in [2.45, 2.75) is 31.6 Å². The summed E-state index contributed by atoms with van der Waals surface area (Å²) in [6, 6.07) is 6.05. The van der Waals surface area contributed by atoms with Gasteiger partial charge in [0.25, 0.3) is 5.91 Å². The molecule has 1 N–H and O–H groups in total. The molecule has 174 valence electrons. The van der Waals surface area contributed by atoms with Crippen LogP contribution in [0.15, 0.2) is 42.6 Å². The summed E-state index contributed by atoms with van der Waals surface area (Å²) in [4.78, 5) is 37.8. The highest BCUT2D eigenvalue weighted by molar-refractivity contribution is 6.05. The van der Waals surface area contributed by atoms with Crippen LogP contribution >= 0.6 is 0 Å². The van der Waals surface area contributed by atoms with E-state index in [0.29, 0.717) is 34.9 Å². The Kier molecular flexibility index (Phi) is 4.95. The number of nitrogens with one attached hydrogen (secondary N) is 1. The van der Waals surface area contributed by atoms with Crippen molar-refractivity contribution < 1.29 is 31.9 Å². The minimum Gasteiger partial charge on any atom is -0.322 e. The first-order chi connectivity index (χ1) is 16.1. The topological polar surface area (TPSA) is 97.2 Å². The number of carbonyl (C=O) groups is 3. The number of piperidine rings is 1. The normalized spacial score (nSPS) is 18.3. The van der Waals surface area contributed by atoms with Crippen molar-refractivity contribution in [1.82, 2.24) is 25.2 Å². The van der Waals surface area contributed by atoms with E-state index in [1.165, 1.54) is 11.1 Å². The molecule has 3 aromatic rings. The maximum atomic E-state index is 14.2. The fourth-order valence-electron chi connectivity index (χ4n) is 4.11. The molecule has 3 heterocycles. The minimum absolute atomic E-state index is 0.136. The molecule has 34 heavy (non-hydrogen) atoms. The van der Waals surface area contributed by atoms with Crippen LogP contribution in [0.4, 0.5) is 17.6 Å². The maximum absolute atomic E-state index is 14.2. The number of imide groups is 1. The first-order valence-corrected chi connectivity index (χ1v) is 10.2. The summed E-state index contributed by atoms with van der Waals surface area (Å²) in [7, 11) is 0. The SMILES string of the molecule is O=C1CCC(N2Cc3cc(-c4cn(-c5cc(C(F)(F)F)ccc5F)nn4)ccc3C2=O)C(=O)N1. The van der Waals surface area contributed by atoms with Gasteiger partial charge in [0.2, 0.25) is 11.8 Å². The van der Waals surface area contributed by atoms with Gasteiger partial charge in [-0.2, -0.15) is 13.2 Å². The largest absolute Gasteiger partial charge is 0.416 e. The number of nitrogens with zero attached hydrogens (tertiary/aromatic N) is 4. The number of hydrogen-bond donors (Lipinski definition) is 1. The molecule has 1 fully saturated rings. The fourth-order valence-corrected chi connectivity index (χ4v) is 4.11. The van der Waals surface area contributed by atoms with E-state index in [1.54, 1.807) is 18.2 Å². The lowest BCUT2D eigenvalue weighted by Crippen LogP contribution is -2.52. The third kappa shape index (κ3) is 3.70. The quantitative estimate of drug-likeness (QED) is 0.466. The first kappa shape index (κ1) is 21.7. The maximum Gasteiger partial charge on any atom is 0.416 e. The number of benzene rings is 2. The van der Waals surface area contributed by atoms with Gasteiger partial charge < -0.3 is 4.90 Å². The van der Waals surface area contributed by atoms with Gasteiger partial charge in [0.15, 0.2) is 0 Å². The van der Waals surface area contributed by atoms with Gasteiger partial charge in [-0.15, -0.1) is 5.10 Å². The molecule has 1 saturated heterocycles. The Labute approximate surface area is 189 Å². The summed E-state index contributed by atoms with van der Waals surface area (Å²) >= 11 is 0. The molecule has 2 aliphatic heterocycles. The van der Waals surface area contributed by atoms with Gasteiger partial charge in [-0.1, -0.05) is 11.3 Å². The second kappa shape index (κ2) is 7.75. The van der Waals surface area contributed by atoms with Gasteiger partial charge in [0, 0.05) is 24.1 Å². The number of amides is 3. The third-order valence-corrected chi connectivity index (χ3v) is 5.83. The number of fused-ring (bicyclic) bond motifs is 1. The van der Waals surface area contributed by atoms with Gasteiger partial charge >= 0.3 is 6.18 Å². The van der Waals surface area contributed by atoms with Gasteiger partial charge in [-0.3, -0.25) is 19.7 Å². The van der Waals surface area contributed by atoms with E-state index in [0.717, 1.165) is 4.68 Å². The minimum atomic E-state index is -4.65. The molecule has 0 spiro atoms. The second-order valence-corrected chi connectivity index (χ2v) is 7.98.